The largest absolute Gasteiger partial charge is 0.0754 e. The lowest BCUT2D eigenvalue weighted by Crippen LogP contribution is -2.27. The van der Waals surface area contributed by atoms with Crippen LogP contribution in [0.2, 0.25) is 0 Å². The van der Waals surface area contributed by atoms with Crippen LogP contribution in [0.25, 0.3) is 18.2 Å². The van der Waals surface area contributed by atoms with E-state index in [1.807, 2.05) is 24.3 Å². The molecule has 0 spiro atoms. The Hall–Kier alpha value is -2.34. The van der Waals surface area contributed by atoms with Crippen molar-refractivity contribution < 1.29 is 0 Å². The molecule has 1 aromatic rings. The molecule has 3 rings (SSSR count). The summed E-state index contributed by atoms with van der Waals surface area (Å²) in [7, 11) is 0. The Morgan fingerprint density at radius 2 is 1.26 bits per heavy atom. The molecule has 0 aromatic heterocycles. The van der Waals surface area contributed by atoms with E-state index in [1.54, 1.807) is 0 Å². The van der Waals surface area contributed by atoms with Crippen LogP contribution in [0.4, 0.5) is 0 Å². The van der Waals surface area contributed by atoms with E-state index in [0.717, 1.165) is 0 Å². The molecule has 0 amide bonds. The summed E-state index contributed by atoms with van der Waals surface area (Å²) in [5, 5.41) is 2.53. The number of fused-ring (bicyclic) bond motifs is 3. The van der Waals surface area contributed by atoms with Crippen LogP contribution in [0.15, 0.2) is 66.8 Å². The average Bonchev–Trinajstić information content (AvgIpc) is 2.88. The lowest BCUT2D eigenvalue weighted by molar-refractivity contribution is 1.44. The predicted molar refractivity (Wildman–Crippen MR) is 83.6 cm³/mol. The molecule has 2 aliphatic carbocycles. The first kappa shape index (κ1) is 11.7. The molecule has 0 unspecified atom stereocenters. The zero-order valence-electron chi connectivity index (χ0n) is 10.7. The molecule has 0 heteroatoms. The first-order valence-electron chi connectivity index (χ1n) is 6.48. The summed E-state index contributed by atoms with van der Waals surface area (Å²) < 4.78 is 0. The highest BCUT2D eigenvalue weighted by molar-refractivity contribution is 5.68. The van der Waals surface area contributed by atoms with E-state index in [9.17, 15) is 0 Å². The van der Waals surface area contributed by atoms with Crippen molar-refractivity contribution in [2.24, 2.45) is 0 Å². The molecular formula is C19H15. The SMILES string of the molecule is [CH]1C=Cc2c1ccc1/c2=C/C=C/C=C\C=C\C=C/C=1. The molecule has 0 saturated carbocycles. The molecule has 0 N–H and O–H groups in total. The van der Waals surface area contributed by atoms with E-state index in [1.165, 1.54) is 21.6 Å². The van der Waals surface area contributed by atoms with Gasteiger partial charge in [0.25, 0.3) is 0 Å². The van der Waals surface area contributed by atoms with Crippen LogP contribution in [0.5, 0.6) is 0 Å². The predicted octanol–water partition coefficient (Wildman–Crippen LogP) is 3.07. The summed E-state index contributed by atoms with van der Waals surface area (Å²) in [5.41, 5.74) is 2.60. The lowest BCUT2D eigenvalue weighted by atomic mass is 10.0. The fraction of sp³-hybridized carbons (Fsp3) is 0. The van der Waals surface area contributed by atoms with Gasteiger partial charge in [0.1, 0.15) is 0 Å². The molecule has 19 heavy (non-hydrogen) atoms. The molecule has 0 bridgehead atoms. The topological polar surface area (TPSA) is 0 Å². The van der Waals surface area contributed by atoms with Gasteiger partial charge in [0.2, 0.25) is 0 Å². The highest BCUT2D eigenvalue weighted by atomic mass is 14.1. The maximum absolute atomic E-state index is 2.18. The van der Waals surface area contributed by atoms with Crippen LogP contribution < -0.4 is 10.4 Å². The van der Waals surface area contributed by atoms with Gasteiger partial charge in [0.05, 0.1) is 0 Å². The zero-order chi connectivity index (χ0) is 12.9. The van der Waals surface area contributed by atoms with Crippen LogP contribution in [0, 0.1) is 6.42 Å². The standard InChI is InChI=1S/C19H15/c1-2-4-6-8-12-18-16(10-7-5-3-1)14-15-17-11-9-13-19(17)18/h1-15H/b2-1?,3-1+,4-2-,5-3?,6-4?,7-5-,8-6+,10-7?,12-8?,16-10+,18-12-. The lowest BCUT2D eigenvalue weighted by Gasteiger charge is -2.00. The summed E-state index contributed by atoms with van der Waals surface area (Å²) >= 11 is 0. The van der Waals surface area contributed by atoms with Crippen molar-refractivity contribution in [2.75, 3.05) is 0 Å². The second-order valence-electron chi connectivity index (χ2n) is 4.47. The third-order valence-electron chi connectivity index (χ3n) is 3.21. The van der Waals surface area contributed by atoms with Crippen molar-refractivity contribution >= 4 is 18.2 Å². The summed E-state index contributed by atoms with van der Waals surface area (Å²) in [5.74, 6) is 0. The van der Waals surface area contributed by atoms with E-state index < -0.39 is 0 Å². The Bertz CT molecular complexity index is 735. The maximum Gasteiger partial charge on any atom is 0.0131 e. The van der Waals surface area contributed by atoms with Crippen LogP contribution >= 0.6 is 0 Å². The minimum atomic E-state index is 1.25. The maximum atomic E-state index is 2.18. The van der Waals surface area contributed by atoms with Crippen LogP contribution in [-0.4, -0.2) is 0 Å². The van der Waals surface area contributed by atoms with Crippen molar-refractivity contribution in [3.63, 3.8) is 0 Å². The first-order valence-corrected chi connectivity index (χ1v) is 6.48. The first-order chi connectivity index (χ1) is 9.45. The zero-order valence-corrected chi connectivity index (χ0v) is 10.7. The molecule has 0 saturated heterocycles. The van der Waals surface area contributed by atoms with Gasteiger partial charge in [-0.05, 0) is 21.6 Å². The minimum absolute atomic E-state index is 1.25. The van der Waals surface area contributed by atoms with Gasteiger partial charge in [-0.3, -0.25) is 0 Å². The van der Waals surface area contributed by atoms with Crippen molar-refractivity contribution in [2.45, 2.75) is 0 Å². The van der Waals surface area contributed by atoms with Gasteiger partial charge in [-0.25, -0.2) is 0 Å². The molecule has 91 valence electrons. The second kappa shape index (κ2) is 5.53. The molecule has 0 nitrogen and oxygen atoms in total. The van der Waals surface area contributed by atoms with Crippen molar-refractivity contribution in [1.82, 2.24) is 0 Å². The Morgan fingerprint density at radius 1 is 0.579 bits per heavy atom. The van der Waals surface area contributed by atoms with Gasteiger partial charge in [-0.15, -0.1) is 0 Å². The Morgan fingerprint density at radius 3 is 2.05 bits per heavy atom. The van der Waals surface area contributed by atoms with Crippen LogP contribution in [-0.2, 0) is 0 Å². The Kier molecular flexibility index (Phi) is 3.42. The molecule has 0 aliphatic heterocycles. The van der Waals surface area contributed by atoms with Crippen molar-refractivity contribution in [1.29, 1.82) is 0 Å². The molecule has 0 fully saturated rings. The fourth-order valence-electron chi connectivity index (χ4n) is 2.28. The minimum Gasteiger partial charge on any atom is -0.0754 e. The van der Waals surface area contributed by atoms with Gasteiger partial charge in [-0.1, -0.05) is 85.0 Å². The Labute approximate surface area is 113 Å². The summed E-state index contributed by atoms with van der Waals surface area (Å²) in [6, 6.07) is 4.36. The van der Waals surface area contributed by atoms with E-state index in [-0.39, 0.29) is 0 Å². The molecule has 1 radical (unpaired) electrons. The van der Waals surface area contributed by atoms with Gasteiger partial charge in [0.15, 0.2) is 0 Å². The molecule has 2 aliphatic rings. The highest BCUT2D eigenvalue weighted by Gasteiger charge is 2.05. The highest BCUT2D eigenvalue weighted by Crippen LogP contribution is 2.15. The number of hydrogen-bond donors (Lipinski definition) is 0. The van der Waals surface area contributed by atoms with Gasteiger partial charge in [-0.2, -0.15) is 0 Å². The van der Waals surface area contributed by atoms with E-state index in [2.05, 4.69) is 67.2 Å². The number of allylic oxidation sites excluding steroid dienone is 9. The van der Waals surface area contributed by atoms with Crippen molar-refractivity contribution in [3.8, 4) is 0 Å². The summed E-state index contributed by atoms with van der Waals surface area (Å²) in [6.45, 7) is 0. The smallest absolute Gasteiger partial charge is 0.0131 e. The van der Waals surface area contributed by atoms with Crippen LogP contribution in [0.3, 0.4) is 0 Å². The molecule has 0 atom stereocenters. The monoisotopic (exact) mass is 243 g/mol. The number of benzene rings is 1. The third kappa shape index (κ3) is 2.58. The summed E-state index contributed by atoms with van der Waals surface area (Å²) in [6.07, 6.45) is 27.2. The Balaban J connectivity index is 2.26. The number of rotatable bonds is 0. The van der Waals surface area contributed by atoms with Crippen LogP contribution in [0.1, 0.15) is 11.1 Å². The van der Waals surface area contributed by atoms with E-state index in [0.29, 0.717) is 0 Å². The second-order valence-corrected chi connectivity index (χ2v) is 4.47. The molecule has 0 heterocycles. The summed E-state index contributed by atoms with van der Waals surface area (Å²) in [4.78, 5) is 0. The van der Waals surface area contributed by atoms with Gasteiger partial charge < -0.3 is 0 Å². The fourth-order valence-corrected chi connectivity index (χ4v) is 2.28. The molecule has 1 aromatic carbocycles. The molecular weight excluding hydrogens is 228 g/mol. The quantitative estimate of drug-likeness (QED) is 0.657. The van der Waals surface area contributed by atoms with E-state index in [4.69, 9.17) is 0 Å². The van der Waals surface area contributed by atoms with Gasteiger partial charge in [0, 0.05) is 6.42 Å². The number of hydrogen-bond acceptors (Lipinski definition) is 0. The van der Waals surface area contributed by atoms with Gasteiger partial charge >= 0.3 is 0 Å². The van der Waals surface area contributed by atoms with Crippen molar-refractivity contribution in [3.05, 3.63) is 94.8 Å². The normalized spacial score (nSPS) is 26.3. The van der Waals surface area contributed by atoms with E-state index >= 15 is 0 Å². The third-order valence-corrected chi connectivity index (χ3v) is 3.21. The average molecular weight is 243 g/mol.